The fourth-order valence-electron chi connectivity index (χ4n) is 1.99. The van der Waals surface area contributed by atoms with Crippen LogP contribution >= 0.6 is 11.6 Å². The van der Waals surface area contributed by atoms with Gasteiger partial charge in [0.25, 0.3) is 0 Å². The summed E-state index contributed by atoms with van der Waals surface area (Å²) in [4.78, 5) is 4.35. The van der Waals surface area contributed by atoms with Crippen molar-refractivity contribution in [3.05, 3.63) is 29.1 Å². The number of hydrogen-bond acceptors (Lipinski definition) is 5. The van der Waals surface area contributed by atoms with Crippen LogP contribution in [0, 0.1) is 5.92 Å². The predicted molar refractivity (Wildman–Crippen MR) is 70.9 cm³/mol. The van der Waals surface area contributed by atoms with Crippen molar-refractivity contribution in [1.29, 1.82) is 0 Å². The van der Waals surface area contributed by atoms with Crippen molar-refractivity contribution in [2.45, 2.75) is 18.9 Å². The minimum Gasteiger partial charge on any atom is -0.496 e. The van der Waals surface area contributed by atoms with E-state index in [4.69, 9.17) is 26.6 Å². The standard InChI is InChI=1S/C13H14ClN3O2/c1-18-10-6-8(14)4-5-9(10)12-16-13(19-17-12)11(15)7-2-3-7/h4-7,11H,2-3,15H2,1H3. The molecule has 3 rings (SSSR count). The summed E-state index contributed by atoms with van der Waals surface area (Å²) in [7, 11) is 1.58. The van der Waals surface area contributed by atoms with E-state index in [1.165, 1.54) is 0 Å². The maximum Gasteiger partial charge on any atom is 0.244 e. The first-order chi connectivity index (χ1) is 9.19. The Bertz CT molecular complexity index is 595. The number of methoxy groups -OCH3 is 1. The summed E-state index contributed by atoms with van der Waals surface area (Å²) in [6.45, 7) is 0. The number of benzene rings is 1. The zero-order valence-corrected chi connectivity index (χ0v) is 11.2. The molecule has 6 heteroatoms. The number of aromatic nitrogens is 2. The van der Waals surface area contributed by atoms with Crippen LogP contribution in [0.1, 0.15) is 24.8 Å². The summed E-state index contributed by atoms with van der Waals surface area (Å²) in [6.07, 6.45) is 2.26. The van der Waals surface area contributed by atoms with E-state index in [-0.39, 0.29) is 6.04 Å². The Labute approximate surface area is 115 Å². The van der Waals surface area contributed by atoms with Gasteiger partial charge in [-0.1, -0.05) is 16.8 Å². The van der Waals surface area contributed by atoms with Gasteiger partial charge in [0.05, 0.1) is 18.7 Å². The van der Waals surface area contributed by atoms with Crippen LogP contribution in [0.25, 0.3) is 11.4 Å². The molecule has 2 N–H and O–H groups in total. The van der Waals surface area contributed by atoms with Gasteiger partial charge in [-0.15, -0.1) is 0 Å². The predicted octanol–water partition coefficient (Wildman–Crippen LogP) is 2.81. The van der Waals surface area contributed by atoms with Gasteiger partial charge < -0.3 is 15.0 Å². The lowest BCUT2D eigenvalue weighted by atomic mass is 10.2. The molecule has 1 unspecified atom stereocenters. The van der Waals surface area contributed by atoms with Crippen molar-refractivity contribution in [3.8, 4) is 17.1 Å². The molecule has 0 saturated heterocycles. The first-order valence-corrected chi connectivity index (χ1v) is 6.50. The number of halogens is 1. The maximum atomic E-state index is 6.04. The molecular formula is C13H14ClN3O2. The highest BCUT2D eigenvalue weighted by Crippen LogP contribution is 2.39. The van der Waals surface area contributed by atoms with Crippen molar-refractivity contribution in [2.75, 3.05) is 7.11 Å². The molecule has 19 heavy (non-hydrogen) atoms. The van der Waals surface area contributed by atoms with Gasteiger partial charge >= 0.3 is 0 Å². The molecule has 5 nitrogen and oxygen atoms in total. The summed E-state index contributed by atoms with van der Waals surface area (Å²) in [5.74, 6) is 2.04. The van der Waals surface area contributed by atoms with Crippen molar-refractivity contribution >= 4 is 11.6 Å². The minimum atomic E-state index is -0.167. The number of ether oxygens (including phenoxy) is 1. The Morgan fingerprint density at radius 1 is 1.47 bits per heavy atom. The van der Waals surface area contributed by atoms with E-state index in [1.807, 2.05) is 0 Å². The first-order valence-electron chi connectivity index (χ1n) is 6.12. The van der Waals surface area contributed by atoms with Crippen molar-refractivity contribution in [3.63, 3.8) is 0 Å². The Balaban J connectivity index is 1.93. The number of rotatable bonds is 4. The molecule has 1 aromatic carbocycles. The smallest absolute Gasteiger partial charge is 0.244 e. The Kier molecular flexibility index (Phi) is 3.16. The van der Waals surface area contributed by atoms with Gasteiger partial charge in [0.1, 0.15) is 5.75 Å². The molecular weight excluding hydrogens is 266 g/mol. The fraction of sp³-hybridized carbons (Fsp3) is 0.385. The Hall–Kier alpha value is -1.59. The topological polar surface area (TPSA) is 74.2 Å². The second kappa shape index (κ2) is 4.83. The molecule has 0 spiro atoms. The Morgan fingerprint density at radius 2 is 2.26 bits per heavy atom. The SMILES string of the molecule is COc1cc(Cl)ccc1-c1noc(C(N)C2CC2)n1. The van der Waals surface area contributed by atoms with E-state index < -0.39 is 0 Å². The molecule has 0 radical (unpaired) electrons. The van der Waals surface area contributed by atoms with E-state index >= 15 is 0 Å². The molecule has 100 valence electrons. The lowest BCUT2D eigenvalue weighted by molar-refractivity contribution is 0.343. The quantitative estimate of drug-likeness (QED) is 0.931. The van der Waals surface area contributed by atoms with Crippen molar-refractivity contribution < 1.29 is 9.26 Å². The second-order valence-electron chi connectivity index (χ2n) is 4.66. The number of nitrogens with two attached hydrogens (primary N) is 1. The molecule has 1 heterocycles. The lowest BCUT2D eigenvalue weighted by Crippen LogP contribution is -2.12. The Morgan fingerprint density at radius 3 is 2.95 bits per heavy atom. The average molecular weight is 280 g/mol. The summed E-state index contributed by atoms with van der Waals surface area (Å²) in [5.41, 5.74) is 6.78. The highest BCUT2D eigenvalue weighted by atomic mass is 35.5. The molecule has 0 bridgehead atoms. The van der Waals surface area contributed by atoms with Gasteiger partial charge in [-0.05, 0) is 37.0 Å². The summed E-state index contributed by atoms with van der Waals surface area (Å²) in [6, 6.07) is 5.11. The molecule has 1 aromatic heterocycles. The van der Waals surface area contributed by atoms with E-state index in [1.54, 1.807) is 25.3 Å². The van der Waals surface area contributed by atoms with Crippen molar-refractivity contribution in [1.82, 2.24) is 10.1 Å². The summed E-state index contributed by atoms with van der Waals surface area (Å²) < 4.78 is 10.5. The third kappa shape index (κ3) is 2.43. The molecule has 1 atom stereocenters. The normalized spacial score (nSPS) is 16.4. The van der Waals surface area contributed by atoms with Crippen LogP contribution in [0.5, 0.6) is 5.75 Å². The van der Waals surface area contributed by atoms with Crippen molar-refractivity contribution in [2.24, 2.45) is 11.7 Å². The zero-order valence-electron chi connectivity index (χ0n) is 10.5. The van der Waals surface area contributed by atoms with Gasteiger partial charge in [0, 0.05) is 5.02 Å². The van der Waals surface area contributed by atoms with Crippen LogP contribution in [-0.4, -0.2) is 17.3 Å². The van der Waals surface area contributed by atoms with Crippen LogP contribution < -0.4 is 10.5 Å². The lowest BCUT2D eigenvalue weighted by Gasteiger charge is -2.05. The second-order valence-corrected chi connectivity index (χ2v) is 5.10. The third-order valence-corrected chi connectivity index (χ3v) is 3.50. The molecule has 1 aliphatic rings. The molecule has 2 aromatic rings. The highest BCUT2D eigenvalue weighted by Gasteiger charge is 2.33. The van der Waals surface area contributed by atoms with Gasteiger partial charge in [0.2, 0.25) is 11.7 Å². The fourth-order valence-corrected chi connectivity index (χ4v) is 2.15. The van der Waals surface area contributed by atoms with E-state index in [0.29, 0.717) is 28.4 Å². The number of hydrogen-bond donors (Lipinski definition) is 1. The van der Waals surface area contributed by atoms with Gasteiger partial charge in [-0.2, -0.15) is 4.98 Å². The molecule has 0 amide bonds. The highest BCUT2D eigenvalue weighted by molar-refractivity contribution is 6.30. The third-order valence-electron chi connectivity index (χ3n) is 3.26. The summed E-state index contributed by atoms with van der Waals surface area (Å²) >= 11 is 5.92. The van der Waals surface area contributed by atoms with E-state index in [9.17, 15) is 0 Å². The van der Waals surface area contributed by atoms with E-state index in [0.717, 1.165) is 18.4 Å². The monoisotopic (exact) mass is 279 g/mol. The zero-order chi connectivity index (χ0) is 13.4. The largest absolute Gasteiger partial charge is 0.496 e. The van der Waals surface area contributed by atoms with Crippen LogP contribution in [0.15, 0.2) is 22.7 Å². The van der Waals surface area contributed by atoms with Gasteiger partial charge in [0.15, 0.2) is 0 Å². The van der Waals surface area contributed by atoms with Gasteiger partial charge in [-0.25, -0.2) is 0 Å². The van der Waals surface area contributed by atoms with Gasteiger partial charge in [-0.3, -0.25) is 0 Å². The molecule has 0 aliphatic heterocycles. The molecule has 1 aliphatic carbocycles. The van der Waals surface area contributed by atoms with Crippen LogP contribution in [0.2, 0.25) is 5.02 Å². The average Bonchev–Trinajstić information content (AvgIpc) is 3.15. The summed E-state index contributed by atoms with van der Waals surface area (Å²) in [5, 5.41) is 4.56. The molecule has 1 fully saturated rings. The minimum absolute atomic E-state index is 0.167. The van der Waals surface area contributed by atoms with Crippen LogP contribution in [-0.2, 0) is 0 Å². The van der Waals surface area contributed by atoms with Crippen LogP contribution in [0.3, 0.4) is 0 Å². The number of nitrogens with zero attached hydrogens (tertiary/aromatic N) is 2. The van der Waals surface area contributed by atoms with E-state index in [2.05, 4.69) is 10.1 Å². The van der Waals surface area contributed by atoms with Crippen LogP contribution in [0.4, 0.5) is 0 Å². The maximum absolute atomic E-state index is 6.04. The molecule has 1 saturated carbocycles. The first kappa shape index (κ1) is 12.4.